The van der Waals surface area contributed by atoms with Gasteiger partial charge in [0.1, 0.15) is 11.4 Å². The predicted molar refractivity (Wildman–Crippen MR) is 100 cm³/mol. The van der Waals surface area contributed by atoms with Gasteiger partial charge in [-0.05, 0) is 33.6 Å². The minimum absolute atomic E-state index is 0.0161. The highest BCUT2D eigenvalue weighted by atomic mass is 19.3. The fourth-order valence-electron chi connectivity index (χ4n) is 3.00. The first kappa shape index (κ1) is 20.7. The highest BCUT2D eigenvalue weighted by Gasteiger charge is 2.29. The molecule has 1 aliphatic heterocycles. The van der Waals surface area contributed by atoms with Gasteiger partial charge in [-0.2, -0.15) is 13.9 Å². The van der Waals surface area contributed by atoms with Crippen LogP contribution in [0.4, 0.5) is 25.2 Å². The van der Waals surface area contributed by atoms with Gasteiger partial charge in [-0.25, -0.2) is 14.9 Å². The molecule has 29 heavy (non-hydrogen) atoms. The summed E-state index contributed by atoms with van der Waals surface area (Å²) >= 11 is 0. The van der Waals surface area contributed by atoms with Gasteiger partial charge in [-0.3, -0.25) is 4.98 Å². The van der Waals surface area contributed by atoms with Crippen LogP contribution in [0.5, 0.6) is 5.88 Å². The summed E-state index contributed by atoms with van der Waals surface area (Å²) in [4.78, 5) is 22.8. The second-order valence-corrected chi connectivity index (χ2v) is 7.72. The molecule has 9 nitrogen and oxygen atoms in total. The van der Waals surface area contributed by atoms with Crippen LogP contribution in [-0.4, -0.2) is 56.5 Å². The summed E-state index contributed by atoms with van der Waals surface area (Å²) in [6, 6.07) is 1.30. The molecule has 1 saturated heterocycles. The van der Waals surface area contributed by atoms with Crippen LogP contribution in [-0.2, 0) is 4.74 Å². The average Bonchev–Trinajstić information content (AvgIpc) is 3.06. The first-order valence-electron chi connectivity index (χ1n) is 9.27. The number of piperidine rings is 1. The van der Waals surface area contributed by atoms with Crippen LogP contribution in [0.1, 0.15) is 45.2 Å². The maximum Gasteiger partial charge on any atom is 0.410 e. The molecule has 3 heterocycles. The fraction of sp³-hybridized carbons (Fsp3) is 0.556. The number of halogens is 2. The van der Waals surface area contributed by atoms with E-state index in [0.29, 0.717) is 18.9 Å². The Hall–Kier alpha value is -2.98. The summed E-state index contributed by atoms with van der Waals surface area (Å²) in [6.45, 7) is 3.68. The molecule has 2 N–H and O–H groups in total. The van der Waals surface area contributed by atoms with Crippen LogP contribution >= 0.6 is 0 Å². The molecule has 0 bridgehead atoms. The molecule has 3 rings (SSSR count). The molecule has 1 aliphatic rings. The molecule has 2 aromatic rings. The third-order valence-corrected chi connectivity index (χ3v) is 4.17. The van der Waals surface area contributed by atoms with Gasteiger partial charge in [-0.1, -0.05) is 0 Å². The van der Waals surface area contributed by atoms with E-state index in [1.807, 2.05) is 20.8 Å². The standard InChI is InChI=1S/C18H24F2N6O3/c1-18(2,3)29-17(27)26-6-4-5-11(10-26)12-8-21-9-14(22-12)23-13-7-15(25-24-13)28-16(19)20/h7-9,11,16H,4-6,10H2,1-3H3,(H2,22,23,24,25)/t11-/m0/s1. The number of hydrogen-bond acceptors (Lipinski definition) is 7. The van der Waals surface area contributed by atoms with E-state index in [1.165, 1.54) is 12.3 Å². The summed E-state index contributed by atoms with van der Waals surface area (Å²) < 4.78 is 34.2. The zero-order chi connectivity index (χ0) is 21.0. The molecule has 1 amide bonds. The number of hydrogen-bond donors (Lipinski definition) is 2. The molecular weight excluding hydrogens is 386 g/mol. The van der Waals surface area contributed by atoms with Crippen molar-refractivity contribution in [2.45, 2.75) is 51.7 Å². The van der Waals surface area contributed by atoms with Crippen LogP contribution in [0, 0.1) is 0 Å². The van der Waals surface area contributed by atoms with Crippen LogP contribution in [0.2, 0.25) is 0 Å². The van der Waals surface area contributed by atoms with Gasteiger partial charge in [0.25, 0.3) is 0 Å². The van der Waals surface area contributed by atoms with Crippen LogP contribution < -0.4 is 10.1 Å². The highest BCUT2D eigenvalue weighted by molar-refractivity contribution is 5.68. The monoisotopic (exact) mass is 410 g/mol. The second-order valence-electron chi connectivity index (χ2n) is 7.72. The van der Waals surface area contributed by atoms with Crippen molar-refractivity contribution in [2.24, 2.45) is 0 Å². The summed E-state index contributed by atoms with van der Waals surface area (Å²) in [5.41, 5.74) is 0.173. The van der Waals surface area contributed by atoms with E-state index in [0.717, 1.165) is 18.5 Å². The minimum Gasteiger partial charge on any atom is -0.444 e. The molecule has 1 atom stereocenters. The topological polar surface area (TPSA) is 105 Å². The summed E-state index contributed by atoms with van der Waals surface area (Å²) in [5, 5.41) is 9.09. The molecule has 11 heteroatoms. The second kappa shape index (κ2) is 8.58. The Bertz CT molecular complexity index is 839. The van der Waals surface area contributed by atoms with Gasteiger partial charge in [0.05, 0.1) is 11.9 Å². The van der Waals surface area contributed by atoms with Gasteiger partial charge in [0.15, 0.2) is 5.82 Å². The number of aromatic nitrogens is 4. The number of likely N-dealkylation sites (tertiary alicyclic amines) is 1. The first-order valence-corrected chi connectivity index (χ1v) is 9.27. The minimum atomic E-state index is -2.94. The lowest BCUT2D eigenvalue weighted by Gasteiger charge is -2.33. The molecule has 0 saturated carbocycles. The largest absolute Gasteiger partial charge is 0.444 e. The van der Waals surface area contributed by atoms with Crippen molar-refractivity contribution in [3.8, 4) is 5.88 Å². The number of carbonyl (C=O) groups is 1. The zero-order valence-corrected chi connectivity index (χ0v) is 16.5. The van der Waals surface area contributed by atoms with E-state index in [9.17, 15) is 13.6 Å². The molecule has 0 aliphatic carbocycles. The number of amides is 1. The lowest BCUT2D eigenvalue weighted by Crippen LogP contribution is -2.42. The van der Waals surface area contributed by atoms with Gasteiger partial charge in [-0.15, -0.1) is 0 Å². The van der Waals surface area contributed by atoms with E-state index >= 15 is 0 Å². The fourth-order valence-corrected chi connectivity index (χ4v) is 3.00. The number of ether oxygens (including phenoxy) is 2. The maximum atomic E-state index is 12.4. The van der Waals surface area contributed by atoms with Crippen LogP contribution in [0.3, 0.4) is 0 Å². The smallest absolute Gasteiger partial charge is 0.410 e. The van der Waals surface area contributed by atoms with Crippen molar-refractivity contribution in [1.29, 1.82) is 0 Å². The number of nitrogens with zero attached hydrogens (tertiary/aromatic N) is 4. The molecule has 158 valence electrons. The Morgan fingerprint density at radius 1 is 1.34 bits per heavy atom. The Balaban J connectivity index is 1.65. The highest BCUT2D eigenvalue weighted by Crippen LogP contribution is 2.27. The van der Waals surface area contributed by atoms with Crippen molar-refractivity contribution < 1.29 is 23.0 Å². The Labute approximate surface area is 166 Å². The summed E-state index contributed by atoms with van der Waals surface area (Å²) in [6.07, 6.45) is 4.51. The SMILES string of the molecule is CC(C)(C)OC(=O)N1CCC[C@H](c2cncc(Nc3cc(OC(F)F)[nH]n3)n2)C1. The van der Waals surface area contributed by atoms with Crippen molar-refractivity contribution in [2.75, 3.05) is 18.4 Å². The van der Waals surface area contributed by atoms with Gasteiger partial charge < -0.3 is 19.7 Å². The quantitative estimate of drug-likeness (QED) is 0.775. The van der Waals surface area contributed by atoms with E-state index in [4.69, 9.17) is 4.74 Å². The molecule has 1 fully saturated rings. The van der Waals surface area contributed by atoms with Gasteiger partial charge in [0, 0.05) is 31.3 Å². The lowest BCUT2D eigenvalue weighted by atomic mass is 9.95. The lowest BCUT2D eigenvalue weighted by molar-refractivity contribution is -0.0528. The predicted octanol–water partition coefficient (Wildman–Crippen LogP) is 3.66. The Kier molecular flexibility index (Phi) is 6.14. The van der Waals surface area contributed by atoms with Crippen molar-refractivity contribution in [1.82, 2.24) is 25.1 Å². The van der Waals surface area contributed by atoms with Crippen molar-refractivity contribution in [3.05, 3.63) is 24.2 Å². The zero-order valence-electron chi connectivity index (χ0n) is 16.5. The van der Waals surface area contributed by atoms with Crippen molar-refractivity contribution >= 4 is 17.7 Å². The number of aromatic amines is 1. The maximum absolute atomic E-state index is 12.4. The van der Waals surface area contributed by atoms with E-state index in [1.54, 1.807) is 11.1 Å². The number of anilines is 2. The number of alkyl halides is 2. The van der Waals surface area contributed by atoms with Gasteiger partial charge >= 0.3 is 12.7 Å². The molecule has 2 aromatic heterocycles. The third-order valence-electron chi connectivity index (χ3n) is 4.17. The number of nitrogens with one attached hydrogen (secondary N) is 2. The number of H-pyrrole nitrogens is 1. The first-order chi connectivity index (χ1) is 13.7. The number of carbonyl (C=O) groups excluding carboxylic acids is 1. The normalized spacial score (nSPS) is 17.3. The summed E-state index contributed by atoms with van der Waals surface area (Å²) in [7, 11) is 0. The number of rotatable bonds is 5. The van der Waals surface area contributed by atoms with E-state index in [-0.39, 0.29) is 23.7 Å². The van der Waals surface area contributed by atoms with Crippen LogP contribution in [0.25, 0.3) is 0 Å². The molecular formula is C18H24F2N6O3. The Morgan fingerprint density at radius 2 is 2.14 bits per heavy atom. The molecule has 0 radical (unpaired) electrons. The Morgan fingerprint density at radius 3 is 2.86 bits per heavy atom. The molecule has 0 aromatic carbocycles. The third kappa shape index (κ3) is 6.00. The molecule has 0 spiro atoms. The van der Waals surface area contributed by atoms with E-state index < -0.39 is 12.2 Å². The van der Waals surface area contributed by atoms with Crippen molar-refractivity contribution in [3.63, 3.8) is 0 Å². The van der Waals surface area contributed by atoms with E-state index in [2.05, 4.69) is 30.2 Å². The average molecular weight is 410 g/mol. The summed E-state index contributed by atoms with van der Waals surface area (Å²) in [5.74, 6) is 0.535. The van der Waals surface area contributed by atoms with Gasteiger partial charge in [0.2, 0.25) is 5.88 Å². The van der Waals surface area contributed by atoms with Crippen LogP contribution in [0.15, 0.2) is 18.5 Å². The molecule has 0 unspecified atom stereocenters.